The molecule has 0 bridgehead atoms. The lowest BCUT2D eigenvalue weighted by Gasteiger charge is -2.27. The number of aromatic nitrogens is 1. The van der Waals surface area contributed by atoms with Crippen molar-refractivity contribution in [2.75, 3.05) is 17.2 Å². The Bertz CT molecular complexity index is 1210. The molecule has 4 rings (SSSR count). The summed E-state index contributed by atoms with van der Waals surface area (Å²) in [5.74, 6) is -0.285. The van der Waals surface area contributed by atoms with E-state index in [4.69, 9.17) is 11.5 Å². The van der Waals surface area contributed by atoms with Gasteiger partial charge in [0.2, 0.25) is 12.3 Å². The third kappa shape index (κ3) is 6.06. The van der Waals surface area contributed by atoms with Crippen LogP contribution in [0.4, 0.5) is 11.4 Å². The smallest absolute Gasteiger partial charge is 0.268 e. The van der Waals surface area contributed by atoms with Crippen molar-refractivity contribution >= 4 is 40.5 Å². The highest BCUT2D eigenvalue weighted by atomic mass is 16.2. The zero-order valence-electron chi connectivity index (χ0n) is 19.6. The minimum Gasteiger partial charge on any atom is -0.348 e. The molecule has 0 atom stereocenters. The molecule has 7 N–H and O–H groups in total. The molecule has 0 aliphatic heterocycles. The number of amides is 3. The van der Waals surface area contributed by atoms with Crippen molar-refractivity contribution in [1.82, 2.24) is 9.88 Å². The van der Waals surface area contributed by atoms with Gasteiger partial charge in [0, 0.05) is 48.4 Å². The van der Waals surface area contributed by atoms with Crippen molar-refractivity contribution in [2.45, 2.75) is 50.7 Å². The summed E-state index contributed by atoms with van der Waals surface area (Å²) in [5.41, 5.74) is 15.1. The first-order valence-corrected chi connectivity index (χ1v) is 12.0. The maximum absolute atomic E-state index is 13.4. The van der Waals surface area contributed by atoms with E-state index in [1.807, 2.05) is 47.0 Å². The van der Waals surface area contributed by atoms with E-state index in [2.05, 4.69) is 16.0 Å². The van der Waals surface area contributed by atoms with Gasteiger partial charge in [-0.15, -0.1) is 0 Å². The molecular formula is C26H32N6O3. The number of nitrogens with zero attached hydrogens (tertiary/aromatic N) is 1. The van der Waals surface area contributed by atoms with Gasteiger partial charge in [-0.3, -0.25) is 14.4 Å². The third-order valence-electron chi connectivity index (χ3n) is 6.39. The predicted molar refractivity (Wildman–Crippen MR) is 137 cm³/mol. The third-order valence-corrected chi connectivity index (χ3v) is 6.39. The van der Waals surface area contributed by atoms with Gasteiger partial charge in [-0.25, -0.2) is 0 Å². The second kappa shape index (κ2) is 11.2. The van der Waals surface area contributed by atoms with Crippen molar-refractivity contribution in [3.8, 4) is 0 Å². The number of nitrogens with two attached hydrogens (primary N) is 2. The second-order valence-electron chi connectivity index (χ2n) is 9.02. The molecule has 1 aliphatic rings. The minimum absolute atomic E-state index is 0.0992. The fourth-order valence-corrected chi connectivity index (χ4v) is 4.58. The van der Waals surface area contributed by atoms with Crippen LogP contribution in [-0.2, 0) is 16.1 Å². The Morgan fingerprint density at radius 2 is 1.83 bits per heavy atom. The predicted octanol–water partition coefficient (Wildman–Crippen LogP) is 2.54. The molecule has 184 valence electrons. The number of carbonyl (C=O) groups is 3. The van der Waals surface area contributed by atoms with E-state index in [1.54, 1.807) is 6.07 Å². The van der Waals surface area contributed by atoms with Gasteiger partial charge >= 0.3 is 0 Å². The minimum atomic E-state index is -0.145. The van der Waals surface area contributed by atoms with Crippen LogP contribution in [0.1, 0.15) is 48.2 Å². The van der Waals surface area contributed by atoms with Gasteiger partial charge < -0.3 is 32.0 Å². The summed E-state index contributed by atoms with van der Waals surface area (Å²) in [6.45, 7) is 0.691. The van der Waals surface area contributed by atoms with Crippen molar-refractivity contribution in [3.63, 3.8) is 0 Å². The van der Waals surface area contributed by atoms with Crippen molar-refractivity contribution in [2.24, 2.45) is 11.5 Å². The van der Waals surface area contributed by atoms with Gasteiger partial charge in [-0.2, -0.15) is 0 Å². The Balaban J connectivity index is 1.65. The van der Waals surface area contributed by atoms with Gasteiger partial charge in [0.1, 0.15) is 5.69 Å². The maximum Gasteiger partial charge on any atom is 0.268 e. The normalized spacial score (nSPS) is 17.7. The average molecular weight is 477 g/mol. The number of anilines is 2. The molecule has 0 saturated heterocycles. The standard InChI is InChI=1S/C26H32N6O3/c27-11-10-25(34)30-22-3-1-2-17(12-22)15-32-23-14-21(29-16-33)7-4-18(23)13-24(32)26(35)31-20-8-5-19(28)6-9-20/h1-4,7,12-14,16,19-20H,5-6,8-11,15,27-28H2,(H,29,33)(H,30,34)(H,31,35). The Labute approximate surface area is 204 Å². The lowest BCUT2D eigenvalue weighted by Crippen LogP contribution is -2.41. The summed E-state index contributed by atoms with van der Waals surface area (Å²) in [6, 6.07) is 15.2. The largest absolute Gasteiger partial charge is 0.348 e. The lowest BCUT2D eigenvalue weighted by atomic mass is 9.92. The highest BCUT2D eigenvalue weighted by molar-refractivity contribution is 6.00. The molecule has 35 heavy (non-hydrogen) atoms. The zero-order valence-corrected chi connectivity index (χ0v) is 19.6. The van der Waals surface area contributed by atoms with Gasteiger partial charge in [0.25, 0.3) is 5.91 Å². The van der Waals surface area contributed by atoms with Gasteiger partial charge in [0.05, 0.1) is 5.52 Å². The van der Waals surface area contributed by atoms with E-state index in [0.717, 1.165) is 42.1 Å². The topological polar surface area (TPSA) is 144 Å². The molecule has 0 radical (unpaired) electrons. The van der Waals surface area contributed by atoms with Crippen molar-refractivity contribution < 1.29 is 14.4 Å². The molecule has 1 saturated carbocycles. The maximum atomic E-state index is 13.4. The molecule has 9 heteroatoms. The second-order valence-corrected chi connectivity index (χ2v) is 9.02. The fraction of sp³-hybridized carbons (Fsp3) is 0.346. The summed E-state index contributed by atoms with van der Waals surface area (Å²) in [5, 5.41) is 9.60. The molecule has 3 amide bonds. The fourth-order valence-electron chi connectivity index (χ4n) is 4.58. The van der Waals surface area contributed by atoms with E-state index < -0.39 is 0 Å². The molecule has 9 nitrogen and oxygen atoms in total. The number of fused-ring (bicyclic) bond motifs is 1. The van der Waals surface area contributed by atoms with E-state index in [0.29, 0.717) is 30.0 Å². The molecule has 1 aliphatic carbocycles. The van der Waals surface area contributed by atoms with Crippen LogP contribution in [0.25, 0.3) is 10.9 Å². The molecule has 1 heterocycles. The van der Waals surface area contributed by atoms with Crippen molar-refractivity contribution in [3.05, 3.63) is 59.8 Å². The van der Waals surface area contributed by atoms with E-state index in [1.165, 1.54) is 0 Å². The zero-order chi connectivity index (χ0) is 24.8. The van der Waals surface area contributed by atoms with E-state index in [-0.39, 0.29) is 36.9 Å². The summed E-state index contributed by atoms with van der Waals surface area (Å²) in [6.07, 6.45) is 4.41. The summed E-state index contributed by atoms with van der Waals surface area (Å²) >= 11 is 0. The van der Waals surface area contributed by atoms with Gasteiger partial charge in [-0.1, -0.05) is 18.2 Å². The SMILES string of the molecule is NCCC(=O)Nc1cccc(Cn2c(C(=O)NC3CCC(N)CC3)cc3ccc(NC=O)cc32)c1. The highest BCUT2D eigenvalue weighted by Gasteiger charge is 2.23. The highest BCUT2D eigenvalue weighted by Crippen LogP contribution is 2.26. The first-order valence-electron chi connectivity index (χ1n) is 12.0. The van der Waals surface area contributed by atoms with Crippen LogP contribution in [0.2, 0.25) is 0 Å². The van der Waals surface area contributed by atoms with Gasteiger partial charge in [-0.05, 0) is 61.6 Å². The Kier molecular flexibility index (Phi) is 7.79. The number of nitrogens with one attached hydrogen (secondary N) is 3. The monoisotopic (exact) mass is 476 g/mol. The van der Waals surface area contributed by atoms with Crippen LogP contribution < -0.4 is 27.4 Å². The van der Waals surface area contributed by atoms with Gasteiger partial charge in [0.15, 0.2) is 0 Å². The Morgan fingerprint density at radius 3 is 2.57 bits per heavy atom. The number of hydrogen-bond acceptors (Lipinski definition) is 5. The van der Waals surface area contributed by atoms with Crippen LogP contribution in [-0.4, -0.2) is 41.4 Å². The average Bonchev–Trinajstić information content (AvgIpc) is 3.19. The van der Waals surface area contributed by atoms with Crippen LogP contribution in [0.5, 0.6) is 0 Å². The number of benzene rings is 2. The molecule has 1 fully saturated rings. The molecule has 1 aromatic heterocycles. The summed E-state index contributed by atoms with van der Waals surface area (Å²) in [7, 11) is 0. The molecular weight excluding hydrogens is 444 g/mol. The first-order chi connectivity index (χ1) is 17.0. The molecule has 0 spiro atoms. The van der Waals surface area contributed by atoms with Crippen LogP contribution in [0.3, 0.4) is 0 Å². The lowest BCUT2D eigenvalue weighted by molar-refractivity contribution is -0.116. The molecule has 0 unspecified atom stereocenters. The summed E-state index contributed by atoms with van der Waals surface area (Å²) in [4.78, 5) is 36.3. The van der Waals surface area contributed by atoms with Crippen molar-refractivity contribution in [1.29, 1.82) is 0 Å². The van der Waals surface area contributed by atoms with Crippen LogP contribution >= 0.6 is 0 Å². The van der Waals surface area contributed by atoms with Crippen LogP contribution in [0, 0.1) is 0 Å². The molecule has 2 aromatic carbocycles. The van der Waals surface area contributed by atoms with E-state index in [9.17, 15) is 14.4 Å². The summed E-state index contributed by atoms with van der Waals surface area (Å²) < 4.78 is 1.94. The van der Waals surface area contributed by atoms with Crippen LogP contribution in [0.15, 0.2) is 48.5 Å². The number of carbonyl (C=O) groups excluding carboxylic acids is 3. The molecule has 3 aromatic rings. The first kappa shape index (κ1) is 24.4. The quantitative estimate of drug-likeness (QED) is 0.302. The Hall–Kier alpha value is -3.69. The van der Waals surface area contributed by atoms with E-state index >= 15 is 0 Å². The number of hydrogen-bond donors (Lipinski definition) is 5. The Morgan fingerprint density at radius 1 is 1.03 bits per heavy atom. The number of rotatable bonds is 9.